The first-order valence-electron chi connectivity index (χ1n) is 10.9. The Morgan fingerprint density at radius 2 is 2.13 bits per heavy atom. The largest absolute Gasteiger partial charge is 0.374 e. The number of rotatable bonds is 9. The van der Waals surface area contributed by atoms with Gasteiger partial charge in [0.2, 0.25) is 5.91 Å². The first-order chi connectivity index (χ1) is 15.0. The summed E-state index contributed by atoms with van der Waals surface area (Å²) < 4.78 is 22.0. The number of morpholine rings is 1. The number of benzene rings is 1. The van der Waals surface area contributed by atoms with Crippen LogP contribution in [-0.2, 0) is 9.53 Å². The Bertz CT molecular complexity index is 902. The van der Waals surface area contributed by atoms with E-state index in [-0.39, 0.29) is 29.6 Å². The lowest BCUT2D eigenvalue weighted by Gasteiger charge is -2.33. The highest BCUT2D eigenvalue weighted by Gasteiger charge is 2.31. The van der Waals surface area contributed by atoms with Crippen molar-refractivity contribution < 1.29 is 13.9 Å². The van der Waals surface area contributed by atoms with E-state index >= 15 is 0 Å². The Kier molecular flexibility index (Phi) is 7.24. The standard InChI is InChI=1S/C22H30FN5O2S/c1-15(2)12-27-9-10-30-17(13-27)11-24-20(29)14-31-22-26-25-21(28(22)16-7-8-16)18-5-3-4-6-19(18)23/h3-6,15-17H,7-14H2,1-2H3,(H,24,29). The number of halogens is 1. The summed E-state index contributed by atoms with van der Waals surface area (Å²) in [5.41, 5.74) is 0.443. The van der Waals surface area contributed by atoms with Gasteiger partial charge < -0.3 is 10.1 Å². The molecule has 1 N–H and O–H groups in total. The third kappa shape index (κ3) is 5.84. The van der Waals surface area contributed by atoms with Crippen LogP contribution in [0.1, 0.15) is 32.7 Å². The van der Waals surface area contributed by atoms with Gasteiger partial charge in [-0.1, -0.05) is 37.7 Å². The highest BCUT2D eigenvalue weighted by molar-refractivity contribution is 7.99. The zero-order valence-electron chi connectivity index (χ0n) is 18.1. The Hall–Kier alpha value is -1.97. The van der Waals surface area contributed by atoms with Crippen molar-refractivity contribution in [1.82, 2.24) is 25.0 Å². The molecule has 0 bridgehead atoms. The molecule has 31 heavy (non-hydrogen) atoms. The minimum Gasteiger partial charge on any atom is -0.374 e. The number of aromatic nitrogens is 3. The van der Waals surface area contributed by atoms with Gasteiger partial charge in [0.25, 0.3) is 0 Å². The molecule has 1 amide bonds. The number of thioether (sulfide) groups is 1. The van der Waals surface area contributed by atoms with Gasteiger partial charge in [-0.3, -0.25) is 14.3 Å². The number of carbonyl (C=O) groups is 1. The van der Waals surface area contributed by atoms with Gasteiger partial charge in [-0.25, -0.2) is 4.39 Å². The summed E-state index contributed by atoms with van der Waals surface area (Å²) in [5.74, 6) is 1.01. The lowest BCUT2D eigenvalue weighted by atomic mass is 10.2. The third-order valence-corrected chi connectivity index (χ3v) is 6.34. The van der Waals surface area contributed by atoms with Gasteiger partial charge in [-0.05, 0) is 30.9 Å². The van der Waals surface area contributed by atoms with E-state index < -0.39 is 0 Å². The third-order valence-electron chi connectivity index (χ3n) is 5.40. The van der Waals surface area contributed by atoms with Gasteiger partial charge in [-0.15, -0.1) is 10.2 Å². The van der Waals surface area contributed by atoms with Crippen LogP contribution in [0.3, 0.4) is 0 Å². The Morgan fingerprint density at radius 3 is 2.87 bits per heavy atom. The number of carbonyl (C=O) groups excluding carboxylic acids is 1. The molecule has 2 heterocycles. The van der Waals surface area contributed by atoms with E-state index in [2.05, 4.69) is 34.3 Å². The van der Waals surface area contributed by atoms with Gasteiger partial charge in [0, 0.05) is 32.2 Å². The van der Waals surface area contributed by atoms with Crippen molar-refractivity contribution in [2.24, 2.45) is 5.92 Å². The summed E-state index contributed by atoms with van der Waals surface area (Å²) in [5, 5.41) is 12.1. The van der Waals surface area contributed by atoms with Gasteiger partial charge >= 0.3 is 0 Å². The maximum atomic E-state index is 14.3. The van der Waals surface area contributed by atoms with Crippen LogP contribution in [0.25, 0.3) is 11.4 Å². The first-order valence-corrected chi connectivity index (χ1v) is 11.9. The van der Waals surface area contributed by atoms with E-state index in [1.165, 1.54) is 17.8 Å². The molecule has 1 aliphatic heterocycles. The number of amides is 1. The highest BCUT2D eigenvalue weighted by Crippen LogP contribution is 2.41. The van der Waals surface area contributed by atoms with Gasteiger partial charge in [0.1, 0.15) is 5.82 Å². The molecule has 2 aromatic rings. The number of hydrogen-bond donors (Lipinski definition) is 1. The second-order valence-corrected chi connectivity index (χ2v) is 9.57. The summed E-state index contributed by atoms with van der Waals surface area (Å²) in [7, 11) is 0. The minimum absolute atomic E-state index is 0.0178. The van der Waals surface area contributed by atoms with Gasteiger partial charge in [-0.2, -0.15) is 0 Å². The Labute approximate surface area is 186 Å². The molecule has 0 radical (unpaired) electrons. The molecule has 1 atom stereocenters. The van der Waals surface area contributed by atoms with E-state index in [0.29, 0.717) is 35.6 Å². The quantitative estimate of drug-likeness (QED) is 0.596. The molecule has 1 unspecified atom stereocenters. The maximum absolute atomic E-state index is 14.3. The van der Waals surface area contributed by atoms with E-state index in [1.807, 2.05) is 4.57 Å². The van der Waals surface area contributed by atoms with Crippen molar-refractivity contribution in [2.75, 3.05) is 38.5 Å². The van der Waals surface area contributed by atoms with Crippen molar-refractivity contribution in [3.8, 4) is 11.4 Å². The monoisotopic (exact) mass is 447 g/mol. The molecular formula is C22H30FN5O2S. The molecule has 2 aliphatic rings. The molecule has 1 aromatic heterocycles. The summed E-state index contributed by atoms with van der Waals surface area (Å²) >= 11 is 1.34. The minimum atomic E-state index is -0.315. The predicted octanol–water partition coefficient (Wildman–Crippen LogP) is 2.98. The van der Waals surface area contributed by atoms with Crippen LogP contribution in [-0.4, -0.2) is 70.2 Å². The number of hydrogen-bond acceptors (Lipinski definition) is 6. The second kappa shape index (κ2) is 10.1. The van der Waals surface area contributed by atoms with Gasteiger partial charge in [0.05, 0.1) is 24.0 Å². The fraction of sp³-hybridized carbons (Fsp3) is 0.591. The van der Waals surface area contributed by atoms with Gasteiger partial charge in [0.15, 0.2) is 11.0 Å². The lowest BCUT2D eigenvalue weighted by molar-refractivity contribution is -0.119. The molecule has 0 spiro atoms. The summed E-state index contributed by atoms with van der Waals surface area (Å²) in [6, 6.07) is 6.87. The van der Waals surface area contributed by atoms with E-state index in [0.717, 1.165) is 32.5 Å². The van der Waals surface area contributed by atoms with Crippen LogP contribution < -0.4 is 5.32 Å². The second-order valence-electron chi connectivity index (χ2n) is 8.63. The molecule has 7 nitrogen and oxygen atoms in total. The smallest absolute Gasteiger partial charge is 0.230 e. The number of nitrogens with zero attached hydrogens (tertiary/aromatic N) is 4. The lowest BCUT2D eigenvalue weighted by Crippen LogP contribution is -2.48. The van der Waals surface area contributed by atoms with E-state index in [1.54, 1.807) is 18.2 Å². The number of ether oxygens (including phenoxy) is 1. The highest BCUT2D eigenvalue weighted by atomic mass is 32.2. The average molecular weight is 448 g/mol. The number of nitrogens with one attached hydrogen (secondary N) is 1. The zero-order valence-corrected chi connectivity index (χ0v) is 18.9. The van der Waals surface area contributed by atoms with Crippen molar-refractivity contribution in [1.29, 1.82) is 0 Å². The molecule has 1 aliphatic carbocycles. The van der Waals surface area contributed by atoms with Crippen LogP contribution in [0, 0.1) is 11.7 Å². The first kappa shape index (κ1) is 22.2. The predicted molar refractivity (Wildman–Crippen MR) is 118 cm³/mol. The molecular weight excluding hydrogens is 417 g/mol. The SMILES string of the molecule is CC(C)CN1CCOC(CNC(=O)CSc2nnc(-c3ccccc3F)n2C2CC2)C1. The van der Waals surface area contributed by atoms with Crippen LogP contribution >= 0.6 is 11.8 Å². The molecule has 2 fully saturated rings. The fourth-order valence-electron chi connectivity index (χ4n) is 3.86. The molecule has 4 rings (SSSR count). The van der Waals surface area contributed by atoms with Crippen molar-refractivity contribution in [2.45, 2.75) is 44.0 Å². The zero-order chi connectivity index (χ0) is 21.8. The molecule has 1 saturated heterocycles. The van der Waals surface area contributed by atoms with Crippen molar-refractivity contribution >= 4 is 17.7 Å². The van der Waals surface area contributed by atoms with Crippen LogP contribution in [0.5, 0.6) is 0 Å². The fourth-order valence-corrected chi connectivity index (χ4v) is 4.69. The summed E-state index contributed by atoms with van der Waals surface area (Å²) in [4.78, 5) is 14.8. The normalized spacial score (nSPS) is 19.7. The summed E-state index contributed by atoms with van der Waals surface area (Å²) in [6.07, 6.45) is 2.06. The molecule has 168 valence electrons. The van der Waals surface area contributed by atoms with Crippen LogP contribution in [0.4, 0.5) is 4.39 Å². The summed E-state index contributed by atoms with van der Waals surface area (Å²) in [6.45, 7) is 8.45. The molecule has 1 aromatic carbocycles. The molecule has 1 saturated carbocycles. The van der Waals surface area contributed by atoms with Crippen molar-refractivity contribution in [3.63, 3.8) is 0 Å². The topological polar surface area (TPSA) is 72.3 Å². The Morgan fingerprint density at radius 1 is 1.32 bits per heavy atom. The van der Waals surface area contributed by atoms with E-state index in [9.17, 15) is 9.18 Å². The Balaban J connectivity index is 1.31. The van der Waals surface area contributed by atoms with Crippen LogP contribution in [0.2, 0.25) is 0 Å². The van der Waals surface area contributed by atoms with E-state index in [4.69, 9.17) is 4.74 Å². The average Bonchev–Trinajstić information content (AvgIpc) is 3.50. The maximum Gasteiger partial charge on any atom is 0.230 e. The molecule has 9 heteroatoms. The van der Waals surface area contributed by atoms with Crippen molar-refractivity contribution in [3.05, 3.63) is 30.1 Å². The van der Waals surface area contributed by atoms with Crippen LogP contribution in [0.15, 0.2) is 29.4 Å².